The molecule has 0 saturated carbocycles. The smallest absolute Gasteiger partial charge is 0.0768 e. The maximum Gasteiger partial charge on any atom is 0.0768 e. The van der Waals surface area contributed by atoms with Crippen LogP contribution in [-0.4, -0.2) is 20.1 Å². The van der Waals surface area contributed by atoms with Crippen molar-refractivity contribution in [2.75, 3.05) is 20.1 Å². The first kappa shape index (κ1) is 22.0. The minimum atomic E-state index is 1.28. The fourth-order valence-corrected chi connectivity index (χ4v) is 3.15. The Kier molecular flexibility index (Phi) is 19.0. The Morgan fingerprint density at radius 2 is 0.773 bits per heavy atom. The van der Waals surface area contributed by atoms with Crippen LogP contribution in [0.1, 0.15) is 117 Å². The molecule has 0 radical (unpaired) electrons. The Bertz CT molecular complexity index is 190. The molecule has 134 valence electrons. The molecule has 0 bridgehead atoms. The minimum Gasteiger partial charge on any atom is -0.338 e. The third kappa shape index (κ3) is 18.0. The molecule has 0 spiro atoms. The molecule has 1 atom stereocenters. The second kappa shape index (κ2) is 19.0. The third-order valence-corrected chi connectivity index (χ3v) is 5.06. The predicted molar refractivity (Wildman–Crippen MR) is 102 cm³/mol. The van der Waals surface area contributed by atoms with Gasteiger partial charge in [0, 0.05) is 0 Å². The summed E-state index contributed by atoms with van der Waals surface area (Å²) in [6, 6.07) is 0. The Labute approximate surface area is 142 Å². The zero-order valence-corrected chi connectivity index (χ0v) is 16.2. The molecule has 0 fully saturated rings. The van der Waals surface area contributed by atoms with E-state index in [1.54, 1.807) is 4.90 Å². The highest BCUT2D eigenvalue weighted by Gasteiger charge is 1.97. The van der Waals surface area contributed by atoms with Crippen molar-refractivity contribution in [1.82, 2.24) is 0 Å². The first-order valence-electron chi connectivity index (χ1n) is 10.6. The number of quaternary nitrogens is 1. The van der Waals surface area contributed by atoms with Crippen molar-refractivity contribution in [3.8, 4) is 0 Å². The molecule has 1 nitrogen and oxygen atoms in total. The average Bonchev–Trinajstić information content (AvgIpc) is 2.54. The molecule has 0 aliphatic rings. The summed E-state index contributed by atoms with van der Waals surface area (Å²) in [6.45, 7) is 7.22. The van der Waals surface area contributed by atoms with Crippen molar-refractivity contribution >= 4 is 0 Å². The van der Waals surface area contributed by atoms with Gasteiger partial charge in [0.25, 0.3) is 0 Å². The number of nitrogens with one attached hydrogen (secondary N) is 1. The van der Waals surface area contributed by atoms with E-state index in [0.717, 1.165) is 0 Å². The molecular formula is C21H46N+. The average molecular weight is 313 g/mol. The van der Waals surface area contributed by atoms with E-state index in [1.165, 1.54) is 116 Å². The summed E-state index contributed by atoms with van der Waals surface area (Å²) < 4.78 is 0. The van der Waals surface area contributed by atoms with Crippen molar-refractivity contribution in [1.29, 1.82) is 0 Å². The van der Waals surface area contributed by atoms with E-state index in [0.29, 0.717) is 0 Å². The normalized spacial score (nSPS) is 12.7. The highest BCUT2D eigenvalue weighted by Crippen LogP contribution is 2.13. The molecule has 0 aliphatic heterocycles. The van der Waals surface area contributed by atoms with Crippen molar-refractivity contribution in [3.63, 3.8) is 0 Å². The number of hydrogen-bond donors (Lipinski definition) is 1. The first-order chi connectivity index (χ1) is 10.8. The predicted octanol–water partition coefficient (Wildman–Crippen LogP) is 5.78. The molecule has 0 rings (SSSR count). The minimum absolute atomic E-state index is 1.28. The summed E-state index contributed by atoms with van der Waals surface area (Å²) in [4.78, 5) is 1.69. The van der Waals surface area contributed by atoms with Crippen LogP contribution in [0.15, 0.2) is 0 Å². The number of hydrogen-bond acceptors (Lipinski definition) is 0. The second-order valence-electron chi connectivity index (χ2n) is 7.36. The van der Waals surface area contributed by atoms with Gasteiger partial charge < -0.3 is 4.90 Å². The summed E-state index contributed by atoms with van der Waals surface area (Å²) in [5.41, 5.74) is 0. The van der Waals surface area contributed by atoms with Gasteiger partial charge in [-0.1, -0.05) is 96.8 Å². The molecule has 1 heteroatoms. The first-order valence-corrected chi connectivity index (χ1v) is 10.6. The lowest BCUT2D eigenvalue weighted by molar-refractivity contribution is -0.877. The van der Waals surface area contributed by atoms with Crippen LogP contribution in [0.3, 0.4) is 0 Å². The zero-order valence-electron chi connectivity index (χ0n) is 16.2. The Morgan fingerprint density at radius 3 is 1.09 bits per heavy atom. The summed E-state index contributed by atoms with van der Waals surface area (Å²) in [6.07, 6.45) is 23.4. The largest absolute Gasteiger partial charge is 0.338 e. The van der Waals surface area contributed by atoms with E-state index in [4.69, 9.17) is 0 Å². The molecule has 0 aromatic carbocycles. The van der Waals surface area contributed by atoms with Crippen LogP contribution >= 0.6 is 0 Å². The molecule has 0 heterocycles. The van der Waals surface area contributed by atoms with E-state index in [9.17, 15) is 0 Å². The van der Waals surface area contributed by atoms with Crippen molar-refractivity contribution in [2.24, 2.45) is 0 Å². The van der Waals surface area contributed by atoms with E-state index in [-0.39, 0.29) is 0 Å². The van der Waals surface area contributed by atoms with Crippen molar-refractivity contribution in [2.45, 2.75) is 117 Å². The second-order valence-corrected chi connectivity index (χ2v) is 7.36. The maximum absolute atomic E-state index is 2.31. The molecule has 0 aliphatic carbocycles. The summed E-state index contributed by atoms with van der Waals surface area (Å²) in [5, 5.41) is 0. The standard InChI is InChI=1S/C21H45N/c1-4-6-7-8-9-10-11-12-13-14-15-16-17-18-19-20-21-22(3)5-2/h4-21H2,1-3H3/p+1. The van der Waals surface area contributed by atoms with Gasteiger partial charge in [-0.3, -0.25) is 0 Å². The lowest BCUT2D eigenvalue weighted by atomic mass is 10.0. The van der Waals surface area contributed by atoms with E-state index in [2.05, 4.69) is 20.9 Å². The number of rotatable bonds is 18. The Hall–Kier alpha value is -0.0400. The van der Waals surface area contributed by atoms with Gasteiger partial charge in [-0.25, -0.2) is 0 Å². The summed E-state index contributed by atoms with van der Waals surface area (Å²) in [7, 11) is 2.31. The Balaban J connectivity index is 2.97. The van der Waals surface area contributed by atoms with Crippen LogP contribution < -0.4 is 4.90 Å². The quantitative estimate of drug-likeness (QED) is 0.306. The Morgan fingerprint density at radius 1 is 0.455 bits per heavy atom. The molecular weight excluding hydrogens is 266 g/mol. The van der Waals surface area contributed by atoms with Gasteiger partial charge in [0.2, 0.25) is 0 Å². The van der Waals surface area contributed by atoms with E-state index < -0.39 is 0 Å². The van der Waals surface area contributed by atoms with Crippen LogP contribution in [0.2, 0.25) is 0 Å². The van der Waals surface area contributed by atoms with Crippen LogP contribution in [-0.2, 0) is 0 Å². The highest BCUT2D eigenvalue weighted by molar-refractivity contribution is 4.49. The van der Waals surface area contributed by atoms with Crippen molar-refractivity contribution < 1.29 is 4.90 Å². The monoisotopic (exact) mass is 312 g/mol. The van der Waals surface area contributed by atoms with Gasteiger partial charge in [0.15, 0.2) is 0 Å². The topological polar surface area (TPSA) is 4.44 Å². The molecule has 0 aromatic heterocycles. The third-order valence-electron chi connectivity index (χ3n) is 5.06. The molecule has 1 unspecified atom stereocenters. The fourth-order valence-electron chi connectivity index (χ4n) is 3.15. The van der Waals surface area contributed by atoms with Crippen LogP contribution in [0.5, 0.6) is 0 Å². The molecule has 1 N–H and O–H groups in total. The highest BCUT2D eigenvalue weighted by atomic mass is 15.1. The van der Waals surface area contributed by atoms with Gasteiger partial charge >= 0.3 is 0 Å². The summed E-state index contributed by atoms with van der Waals surface area (Å²) >= 11 is 0. The van der Waals surface area contributed by atoms with Crippen LogP contribution in [0.4, 0.5) is 0 Å². The van der Waals surface area contributed by atoms with Crippen molar-refractivity contribution in [3.05, 3.63) is 0 Å². The zero-order chi connectivity index (χ0) is 16.3. The maximum atomic E-state index is 2.31. The summed E-state index contributed by atoms with van der Waals surface area (Å²) in [5.74, 6) is 0. The van der Waals surface area contributed by atoms with Gasteiger partial charge in [-0.05, 0) is 19.8 Å². The molecule has 0 saturated heterocycles. The molecule has 22 heavy (non-hydrogen) atoms. The van der Waals surface area contributed by atoms with Gasteiger partial charge in [-0.15, -0.1) is 0 Å². The van der Waals surface area contributed by atoms with Gasteiger partial charge in [-0.2, -0.15) is 0 Å². The van der Waals surface area contributed by atoms with E-state index in [1.807, 2.05) is 0 Å². The fraction of sp³-hybridized carbons (Fsp3) is 1.00. The van der Waals surface area contributed by atoms with E-state index >= 15 is 0 Å². The number of unbranched alkanes of at least 4 members (excludes halogenated alkanes) is 15. The van der Waals surface area contributed by atoms with Crippen LogP contribution in [0.25, 0.3) is 0 Å². The van der Waals surface area contributed by atoms with Gasteiger partial charge in [0.1, 0.15) is 0 Å². The van der Waals surface area contributed by atoms with Crippen LogP contribution in [0, 0.1) is 0 Å². The lowest BCUT2D eigenvalue weighted by Crippen LogP contribution is -3.08. The van der Waals surface area contributed by atoms with Gasteiger partial charge in [0.05, 0.1) is 20.1 Å². The lowest BCUT2D eigenvalue weighted by Gasteiger charge is -2.10. The molecule has 0 aromatic rings. The SMILES string of the molecule is CCCCCCCCCCCCCCCCCC[NH+](C)CC. The molecule has 0 amide bonds.